The second kappa shape index (κ2) is 15.0. The van der Waals surface area contributed by atoms with Crippen LogP contribution in [-0.2, 0) is 21.2 Å². The number of carbonyl (C=O) groups is 2. The number of hydrazine groups is 1. The van der Waals surface area contributed by atoms with E-state index in [-0.39, 0.29) is 35.4 Å². The number of fused-ring (bicyclic) bond motifs is 1. The molecule has 0 saturated carbocycles. The second-order valence-corrected chi connectivity index (χ2v) is 13.4. The highest BCUT2D eigenvalue weighted by molar-refractivity contribution is 7.89. The molecule has 0 aliphatic rings. The lowest BCUT2D eigenvalue weighted by molar-refractivity contribution is -0.133. The van der Waals surface area contributed by atoms with Gasteiger partial charge in [0.2, 0.25) is 21.1 Å². The lowest BCUT2D eigenvalue weighted by Crippen LogP contribution is -2.48. The van der Waals surface area contributed by atoms with Gasteiger partial charge in [0, 0.05) is 50.1 Å². The Morgan fingerprint density at radius 3 is 2.42 bits per heavy atom. The molecule has 4 aromatic rings. The SMILES string of the molecule is CN(C)c1cccc2c(S(=O)(=O)NCCCCCN(NC(=O)Nc3n[nH]c(=S)s3)C(=O)CCc3ccccc3)cccc12. The fraction of sp³-hybridized carbons (Fsp3) is 0.310. The predicted octanol–water partition coefficient (Wildman–Crippen LogP) is 5.07. The van der Waals surface area contributed by atoms with Crippen molar-refractivity contribution in [3.05, 3.63) is 76.2 Å². The molecule has 4 N–H and O–H groups in total. The van der Waals surface area contributed by atoms with Crippen LogP contribution < -0.4 is 20.4 Å². The van der Waals surface area contributed by atoms with Crippen LogP contribution in [0.5, 0.6) is 0 Å². The van der Waals surface area contributed by atoms with Crippen molar-refractivity contribution in [1.29, 1.82) is 0 Å². The lowest BCUT2D eigenvalue weighted by Gasteiger charge is -2.23. The number of amides is 3. The average molecular weight is 642 g/mol. The smallest absolute Gasteiger partial charge is 0.339 e. The number of unbranched alkanes of at least 4 members (excludes halogenated alkanes) is 2. The van der Waals surface area contributed by atoms with Crippen molar-refractivity contribution in [2.45, 2.75) is 37.0 Å². The normalized spacial score (nSPS) is 11.3. The molecule has 0 unspecified atom stereocenters. The van der Waals surface area contributed by atoms with Crippen LogP contribution in [-0.4, -0.2) is 62.7 Å². The van der Waals surface area contributed by atoms with Gasteiger partial charge in [-0.25, -0.2) is 23.4 Å². The Kier molecular flexibility index (Phi) is 11.2. The van der Waals surface area contributed by atoms with E-state index in [9.17, 15) is 18.0 Å². The van der Waals surface area contributed by atoms with Gasteiger partial charge in [-0.3, -0.25) is 20.2 Å². The number of H-pyrrole nitrogens is 1. The van der Waals surface area contributed by atoms with Crippen molar-refractivity contribution in [1.82, 2.24) is 25.4 Å². The summed E-state index contributed by atoms with van der Waals surface area (Å²) in [4.78, 5) is 27.8. The van der Waals surface area contributed by atoms with Crippen molar-refractivity contribution >= 4 is 67.1 Å². The number of hydrogen-bond donors (Lipinski definition) is 4. The standard InChI is InChI=1S/C29H35N7O4S3/c1-35(2)24-15-9-14-23-22(24)13-10-16-25(23)43(39,40)30-19-7-4-8-20-36(26(37)18-17-21-11-5-3-6-12-21)34-27(38)31-28-32-33-29(41)42-28/h3,5-6,9-16,30H,4,7-8,17-20H2,1-2H3,(H,33,41)(H2,31,32,34,38). The van der Waals surface area contributed by atoms with Gasteiger partial charge in [0.25, 0.3) is 0 Å². The van der Waals surface area contributed by atoms with Gasteiger partial charge in [0.05, 0.1) is 4.90 Å². The second-order valence-electron chi connectivity index (χ2n) is 10.00. The summed E-state index contributed by atoms with van der Waals surface area (Å²) in [6.07, 6.45) is 2.50. The van der Waals surface area contributed by atoms with E-state index < -0.39 is 16.1 Å². The molecule has 3 aromatic carbocycles. The van der Waals surface area contributed by atoms with Crippen LogP contribution in [0.15, 0.2) is 71.6 Å². The van der Waals surface area contributed by atoms with E-state index in [2.05, 4.69) is 25.7 Å². The zero-order valence-electron chi connectivity index (χ0n) is 24.0. The van der Waals surface area contributed by atoms with E-state index in [1.54, 1.807) is 12.1 Å². The molecule has 228 valence electrons. The minimum absolute atomic E-state index is 0.214. The maximum absolute atomic E-state index is 13.2. The summed E-state index contributed by atoms with van der Waals surface area (Å²) in [5.41, 5.74) is 4.58. The third kappa shape index (κ3) is 9.07. The average Bonchev–Trinajstić information content (AvgIpc) is 3.40. The molecular weight excluding hydrogens is 607 g/mol. The molecule has 0 atom stereocenters. The maximum atomic E-state index is 13.2. The Labute approximate surface area is 260 Å². The summed E-state index contributed by atoms with van der Waals surface area (Å²) in [6, 6.07) is 19.9. The van der Waals surface area contributed by atoms with Crippen molar-refractivity contribution in [2.24, 2.45) is 0 Å². The molecule has 4 rings (SSSR count). The third-order valence-corrected chi connectivity index (χ3v) is 9.17. The molecule has 0 spiro atoms. The number of nitrogens with one attached hydrogen (secondary N) is 4. The van der Waals surface area contributed by atoms with E-state index in [1.165, 1.54) is 5.01 Å². The topological polar surface area (TPSA) is 140 Å². The number of carbonyl (C=O) groups excluding carboxylic acids is 2. The van der Waals surface area contributed by atoms with Gasteiger partial charge >= 0.3 is 6.03 Å². The van der Waals surface area contributed by atoms with Crippen LogP contribution in [0, 0.1) is 3.95 Å². The number of urea groups is 1. The van der Waals surface area contributed by atoms with Gasteiger partial charge in [-0.2, -0.15) is 0 Å². The largest absolute Gasteiger partial charge is 0.377 e. The molecular formula is C29H35N7O4S3. The first-order valence-electron chi connectivity index (χ1n) is 13.8. The summed E-state index contributed by atoms with van der Waals surface area (Å²) in [5, 5.41) is 12.2. The van der Waals surface area contributed by atoms with Gasteiger partial charge in [-0.1, -0.05) is 72.4 Å². The monoisotopic (exact) mass is 641 g/mol. The van der Waals surface area contributed by atoms with E-state index in [0.29, 0.717) is 35.0 Å². The van der Waals surface area contributed by atoms with E-state index >= 15 is 0 Å². The molecule has 14 heteroatoms. The van der Waals surface area contributed by atoms with Crippen molar-refractivity contribution in [2.75, 3.05) is 37.4 Å². The molecule has 3 amide bonds. The molecule has 0 aliphatic heterocycles. The van der Waals surface area contributed by atoms with Crippen molar-refractivity contribution in [3.63, 3.8) is 0 Å². The summed E-state index contributed by atoms with van der Waals surface area (Å²) in [5.74, 6) is -0.234. The lowest BCUT2D eigenvalue weighted by atomic mass is 10.1. The number of aromatic amines is 1. The summed E-state index contributed by atoms with van der Waals surface area (Å²) in [7, 11) is 0.106. The Hall–Kier alpha value is -3.85. The number of aryl methyl sites for hydroxylation is 1. The molecule has 0 aliphatic carbocycles. The summed E-state index contributed by atoms with van der Waals surface area (Å²) >= 11 is 6.10. The Morgan fingerprint density at radius 1 is 0.953 bits per heavy atom. The molecule has 0 fully saturated rings. The van der Waals surface area contributed by atoms with E-state index in [0.717, 1.165) is 28.0 Å². The molecule has 1 aromatic heterocycles. The highest BCUT2D eigenvalue weighted by Gasteiger charge is 2.19. The fourth-order valence-corrected chi connectivity index (χ4v) is 6.63. The first-order chi connectivity index (χ1) is 20.6. The molecule has 43 heavy (non-hydrogen) atoms. The number of benzene rings is 3. The number of aromatic nitrogens is 2. The number of sulfonamides is 1. The van der Waals surface area contributed by atoms with Crippen LogP contribution in [0.25, 0.3) is 10.8 Å². The highest BCUT2D eigenvalue weighted by Crippen LogP contribution is 2.30. The van der Waals surface area contributed by atoms with Gasteiger partial charge in [0.15, 0.2) is 3.95 Å². The van der Waals surface area contributed by atoms with Crippen LogP contribution in [0.2, 0.25) is 0 Å². The highest BCUT2D eigenvalue weighted by atomic mass is 32.2. The number of rotatable bonds is 13. The third-order valence-electron chi connectivity index (χ3n) is 6.65. The Morgan fingerprint density at radius 2 is 1.70 bits per heavy atom. The fourth-order valence-electron chi connectivity index (χ4n) is 4.55. The van der Waals surface area contributed by atoms with Crippen molar-refractivity contribution < 1.29 is 18.0 Å². The molecule has 11 nitrogen and oxygen atoms in total. The zero-order valence-corrected chi connectivity index (χ0v) is 26.4. The maximum Gasteiger partial charge on any atom is 0.339 e. The molecule has 1 heterocycles. The quantitative estimate of drug-likeness (QED) is 0.0909. The first-order valence-corrected chi connectivity index (χ1v) is 16.5. The zero-order chi connectivity index (χ0) is 30.8. The molecule has 0 bridgehead atoms. The first kappa shape index (κ1) is 32.1. The summed E-state index contributed by atoms with van der Waals surface area (Å²) < 4.78 is 29.5. The summed E-state index contributed by atoms with van der Waals surface area (Å²) in [6.45, 7) is 0.507. The minimum Gasteiger partial charge on any atom is -0.377 e. The number of nitrogens with zero attached hydrogens (tertiary/aromatic N) is 3. The van der Waals surface area contributed by atoms with E-state index in [4.69, 9.17) is 12.2 Å². The van der Waals surface area contributed by atoms with Crippen LogP contribution in [0.4, 0.5) is 15.6 Å². The van der Waals surface area contributed by atoms with Crippen molar-refractivity contribution in [3.8, 4) is 0 Å². The van der Waals surface area contributed by atoms with Crippen LogP contribution in [0.3, 0.4) is 0 Å². The Bertz CT molecular complexity index is 1710. The van der Waals surface area contributed by atoms with Crippen LogP contribution in [0.1, 0.15) is 31.2 Å². The minimum atomic E-state index is -3.74. The Balaban J connectivity index is 1.31. The van der Waals surface area contributed by atoms with Gasteiger partial charge in [0.1, 0.15) is 0 Å². The van der Waals surface area contributed by atoms with Gasteiger partial charge in [-0.05, 0) is 49.2 Å². The predicted molar refractivity (Wildman–Crippen MR) is 173 cm³/mol. The van der Waals surface area contributed by atoms with Gasteiger partial charge in [-0.15, -0.1) is 5.10 Å². The molecule has 0 radical (unpaired) electrons. The number of hydrogen-bond acceptors (Lipinski definition) is 8. The van der Waals surface area contributed by atoms with E-state index in [1.807, 2.05) is 73.6 Å². The molecule has 0 saturated heterocycles. The number of anilines is 2. The van der Waals surface area contributed by atoms with Gasteiger partial charge < -0.3 is 4.90 Å². The van der Waals surface area contributed by atoms with Crippen LogP contribution >= 0.6 is 23.6 Å².